The maximum Gasteiger partial charge on any atom is 0.258 e. The predicted octanol–water partition coefficient (Wildman–Crippen LogP) is 3.45. The third-order valence-electron chi connectivity index (χ3n) is 2.48. The van der Waals surface area contributed by atoms with Crippen LogP contribution in [0.4, 0.5) is 20.2 Å². The number of carbonyl (C=O) groups is 1. The van der Waals surface area contributed by atoms with Gasteiger partial charge in [-0.25, -0.2) is 8.78 Å². The Bertz CT molecular complexity index is 626. The molecule has 0 bridgehead atoms. The van der Waals surface area contributed by atoms with E-state index in [1.807, 2.05) is 0 Å². The normalized spacial score (nSPS) is 10.3. The highest BCUT2D eigenvalue weighted by molar-refractivity contribution is 6.34. The van der Waals surface area contributed by atoms with E-state index in [9.17, 15) is 13.6 Å². The highest BCUT2D eigenvalue weighted by Gasteiger charge is 2.17. The molecule has 19 heavy (non-hydrogen) atoms. The van der Waals surface area contributed by atoms with Gasteiger partial charge in [0.2, 0.25) is 0 Å². The predicted molar refractivity (Wildman–Crippen MR) is 70.2 cm³/mol. The number of nitrogen functional groups attached to an aromatic ring is 1. The average molecular weight is 283 g/mol. The third kappa shape index (κ3) is 2.66. The molecule has 0 saturated carbocycles. The summed E-state index contributed by atoms with van der Waals surface area (Å²) in [5.41, 5.74) is 5.63. The Morgan fingerprint density at radius 1 is 1.16 bits per heavy atom. The van der Waals surface area contributed by atoms with Gasteiger partial charge in [-0.05, 0) is 24.3 Å². The van der Waals surface area contributed by atoms with Crippen LogP contribution in [0.15, 0.2) is 36.4 Å². The highest BCUT2D eigenvalue weighted by Crippen LogP contribution is 2.28. The molecule has 0 spiro atoms. The molecular formula is C13H9ClF2N2O. The fourth-order valence-electron chi connectivity index (χ4n) is 1.53. The molecule has 0 aliphatic heterocycles. The van der Waals surface area contributed by atoms with Crippen LogP contribution in [0.2, 0.25) is 5.02 Å². The molecule has 0 fully saturated rings. The summed E-state index contributed by atoms with van der Waals surface area (Å²) >= 11 is 5.87. The SMILES string of the molecule is Nc1cccc(Cl)c1NC(=O)c1cccc(F)c1F. The quantitative estimate of drug-likeness (QED) is 0.829. The number of para-hydroxylation sites is 1. The van der Waals surface area contributed by atoms with Crippen molar-refractivity contribution in [3.63, 3.8) is 0 Å². The van der Waals surface area contributed by atoms with Gasteiger partial charge in [0.1, 0.15) is 0 Å². The summed E-state index contributed by atoms with van der Waals surface area (Å²) in [4.78, 5) is 11.9. The van der Waals surface area contributed by atoms with Gasteiger partial charge in [0.15, 0.2) is 11.6 Å². The summed E-state index contributed by atoms with van der Waals surface area (Å²) < 4.78 is 26.5. The summed E-state index contributed by atoms with van der Waals surface area (Å²) in [5, 5.41) is 2.57. The highest BCUT2D eigenvalue weighted by atomic mass is 35.5. The van der Waals surface area contributed by atoms with Crippen molar-refractivity contribution in [2.75, 3.05) is 11.1 Å². The second kappa shape index (κ2) is 5.24. The Morgan fingerprint density at radius 2 is 1.84 bits per heavy atom. The van der Waals surface area contributed by atoms with Crippen LogP contribution in [0.3, 0.4) is 0 Å². The molecular weight excluding hydrogens is 274 g/mol. The van der Waals surface area contributed by atoms with E-state index in [1.54, 1.807) is 6.07 Å². The number of rotatable bonds is 2. The first-order chi connectivity index (χ1) is 9.00. The minimum absolute atomic E-state index is 0.165. The van der Waals surface area contributed by atoms with Crippen LogP contribution < -0.4 is 11.1 Å². The summed E-state index contributed by atoms with van der Waals surface area (Å²) in [6.45, 7) is 0. The number of nitrogens with two attached hydrogens (primary N) is 1. The first-order valence-electron chi connectivity index (χ1n) is 5.30. The minimum Gasteiger partial charge on any atom is -0.397 e. The lowest BCUT2D eigenvalue weighted by molar-refractivity contribution is 0.102. The Labute approximate surface area is 113 Å². The molecule has 3 nitrogen and oxygen atoms in total. The maximum absolute atomic E-state index is 13.5. The van der Waals surface area contributed by atoms with Crippen LogP contribution in [0.1, 0.15) is 10.4 Å². The molecule has 6 heteroatoms. The van der Waals surface area contributed by atoms with Crippen molar-refractivity contribution in [2.45, 2.75) is 0 Å². The van der Waals surface area contributed by atoms with E-state index in [2.05, 4.69) is 5.32 Å². The molecule has 2 aromatic rings. The lowest BCUT2D eigenvalue weighted by Gasteiger charge is -2.10. The lowest BCUT2D eigenvalue weighted by atomic mass is 10.2. The van der Waals surface area contributed by atoms with E-state index < -0.39 is 23.1 Å². The van der Waals surface area contributed by atoms with Crippen molar-refractivity contribution < 1.29 is 13.6 Å². The summed E-state index contributed by atoms with van der Waals surface area (Å²) in [5.74, 6) is -3.14. The van der Waals surface area contributed by atoms with Crippen molar-refractivity contribution in [1.82, 2.24) is 0 Å². The first kappa shape index (κ1) is 13.3. The number of anilines is 2. The molecule has 3 N–H and O–H groups in total. The molecule has 0 heterocycles. The van der Waals surface area contributed by atoms with Crippen LogP contribution in [-0.4, -0.2) is 5.91 Å². The van der Waals surface area contributed by atoms with Crippen molar-refractivity contribution in [3.8, 4) is 0 Å². The van der Waals surface area contributed by atoms with E-state index in [0.717, 1.165) is 6.07 Å². The molecule has 2 aromatic carbocycles. The zero-order chi connectivity index (χ0) is 14.0. The van der Waals surface area contributed by atoms with Gasteiger partial charge < -0.3 is 11.1 Å². The maximum atomic E-state index is 13.5. The number of halogens is 3. The largest absolute Gasteiger partial charge is 0.397 e. The van der Waals surface area contributed by atoms with Crippen LogP contribution in [0.25, 0.3) is 0 Å². The fourth-order valence-corrected chi connectivity index (χ4v) is 1.76. The van der Waals surface area contributed by atoms with Crippen molar-refractivity contribution >= 4 is 28.9 Å². The molecule has 98 valence electrons. The average Bonchev–Trinajstić information content (AvgIpc) is 2.37. The van der Waals surface area contributed by atoms with E-state index >= 15 is 0 Å². The Hall–Kier alpha value is -2.14. The van der Waals surface area contributed by atoms with Crippen molar-refractivity contribution in [2.24, 2.45) is 0 Å². The zero-order valence-corrected chi connectivity index (χ0v) is 10.3. The number of benzene rings is 2. The van der Waals surface area contributed by atoms with Gasteiger partial charge in [0, 0.05) is 0 Å². The first-order valence-corrected chi connectivity index (χ1v) is 5.68. The van der Waals surface area contributed by atoms with Gasteiger partial charge >= 0.3 is 0 Å². The monoisotopic (exact) mass is 282 g/mol. The van der Waals surface area contributed by atoms with Crippen molar-refractivity contribution in [1.29, 1.82) is 0 Å². The molecule has 0 aliphatic rings. The van der Waals surface area contributed by atoms with Crippen LogP contribution in [-0.2, 0) is 0 Å². The van der Waals surface area contributed by atoms with Crippen molar-refractivity contribution in [3.05, 3.63) is 58.6 Å². The molecule has 0 saturated heterocycles. The molecule has 0 aliphatic carbocycles. The lowest BCUT2D eigenvalue weighted by Crippen LogP contribution is -2.15. The van der Waals surface area contributed by atoms with E-state index in [4.69, 9.17) is 17.3 Å². The third-order valence-corrected chi connectivity index (χ3v) is 2.80. The Kier molecular flexibility index (Phi) is 3.66. The standard InChI is InChI=1S/C13H9ClF2N2O/c14-8-4-2-6-10(17)12(8)18-13(19)7-3-1-5-9(15)11(7)16/h1-6H,17H2,(H,18,19). The molecule has 2 rings (SSSR count). The van der Waals surface area contributed by atoms with Crippen LogP contribution in [0.5, 0.6) is 0 Å². The Balaban J connectivity index is 2.34. The summed E-state index contributed by atoms with van der Waals surface area (Å²) in [6, 6.07) is 8.00. The zero-order valence-electron chi connectivity index (χ0n) is 9.58. The summed E-state index contributed by atoms with van der Waals surface area (Å²) in [6.07, 6.45) is 0. The van der Waals surface area contributed by atoms with E-state index in [0.29, 0.717) is 0 Å². The molecule has 0 unspecified atom stereocenters. The molecule has 0 atom stereocenters. The topological polar surface area (TPSA) is 55.1 Å². The Morgan fingerprint density at radius 3 is 2.53 bits per heavy atom. The number of hydrogen-bond donors (Lipinski definition) is 2. The molecule has 1 amide bonds. The second-order valence-corrected chi connectivity index (χ2v) is 4.17. The number of nitrogens with one attached hydrogen (secondary N) is 1. The number of amides is 1. The van der Waals surface area contributed by atoms with Gasteiger partial charge in [0.25, 0.3) is 5.91 Å². The van der Waals surface area contributed by atoms with Gasteiger partial charge in [0.05, 0.1) is 22.0 Å². The summed E-state index contributed by atoms with van der Waals surface area (Å²) in [7, 11) is 0. The van der Waals surface area contributed by atoms with Gasteiger partial charge in [-0.15, -0.1) is 0 Å². The molecule has 0 aromatic heterocycles. The number of carbonyl (C=O) groups excluding carboxylic acids is 1. The van der Waals surface area contributed by atoms with E-state index in [1.165, 1.54) is 24.3 Å². The van der Waals surface area contributed by atoms with Gasteiger partial charge in [-0.3, -0.25) is 4.79 Å². The van der Waals surface area contributed by atoms with Gasteiger partial charge in [-0.1, -0.05) is 23.7 Å². The second-order valence-electron chi connectivity index (χ2n) is 3.76. The minimum atomic E-state index is -1.22. The molecule has 0 radical (unpaired) electrons. The van der Waals surface area contributed by atoms with E-state index in [-0.39, 0.29) is 16.4 Å². The smallest absolute Gasteiger partial charge is 0.258 e. The van der Waals surface area contributed by atoms with Crippen LogP contribution in [0, 0.1) is 11.6 Å². The fraction of sp³-hybridized carbons (Fsp3) is 0. The van der Waals surface area contributed by atoms with Crippen LogP contribution >= 0.6 is 11.6 Å². The van der Waals surface area contributed by atoms with Gasteiger partial charge in [-0.2, -0.15) is 0 Å². The number of hydrogen-bond acceptors (Lipinski definition) is 2.